The van der Waals surface area contributed by atoms with Crippen molar-refractivity contribution >= 4 is 5.91 Å². The molecule has 1 aromatic rings. The van der Waals surface area contributed by atoms with E-state index in [0.29, 0.717) is 0 Å². The molecule has 2 rings (SSSR count). The summed E-state index contributed by atoms with van der Waals surface area (Å²) in [5.41, 5.74) is -0.328. The van der Waals surface area contributed by atoms with Crippen LogP contribution in [0.3, 0.4) is 0 Å². The molecule has 0 spiro atoms. The minimum Gasteiger partial charge on any atom is -0.508 e. The molecule has 1 fully saturated rings. The minimum absolute atomic E-state index is 0.0225. The highest BCUT2D eigenvalue weighted by molar-refractivity contribution is 5.94. The van der Waals surface area contributed by atoms with E-state index in [1.54, 1.807) is 0 Å². The standard InChI is InChI=1S/C13H13F4NO2/c14-11-6-9(19)3-4-10(11)12(20)18-5-1-2-8(7-18)13(15,16)17/h3-4,6,8,19H,1-2,5,7H2. The van der Waals surface area contributed by atoms with Crippen LogP contribution in [0.5, 0.6) is 5.75 Å². The summed E-state index contributed by atoms with van der Waals surface area (Å²) in [6, 6.07) is 2.96. The van der Waals surface area contributed by atoms with Crippen LogP contribution in [0.1, 0.15) is 23.2 Å². The number of nitrogens with zero attached hydrogens (tertiary/aromatic N) is 1. The van der Waals surface area contributed by atoms with Crippen LogP contribution in [-0.4, -0.2) is 35.2 Å². The average Bonchev–Trinajstić information content (AvgIpc) is 2.37. The van der Waals surface area contributed by atoms with Gasteiger partial charge >= 0.3 is 6.18 Å². The molecular formula is C13H13F4NO2. The van der Waals surface area contributed by atoms with Crippen molar-refractivity contribution in [2.75, 3.05) is 13.1 Å². The number of likely N-dealkylation sites (tertiary alicyclic amines) is 1. The number of hydrogen-bond acceptors (Lipinski definition) is 2. The number of carbonyl (C=O) groups excluding carboxylic acids is 1. The molecule has 0 aliphatic carbocycles. The van der Waals surface area contributed by atoms with Gasteiger partial charge in [-0.1, -0.05) is 0 Å². The van der Waals surface area contributed by atoms with Gasteiger partial charge in [-0.2, -0.15) is 13.2 Å². The largest absolute Gasteiger partial charge is 0.508 e. The topological polar surface area (TPSA) is 40.5 Å². The molecule has 1 aromatic carbocycles. The monoisotopic (exact) mass is 291 g/mol. The first-order chi connectivity index (χ1) is 9.29. The average molecular weight is 291 g/mol. The highest BCUT2D eigenvalue weighted by Crippen LogP contribution is 2.33. The van der Waals surface area contributed by atoms with E-state index in [1.807, 2.05) is 0 Å². The molecule has 0 aromatic heterocycles. The Morgan fingerprint density at radius 2 is 2.05 bits per heavy atom. The van der Waals surface area contributed by atoms with Gasteiger partial charge in [0, 0.05) is 19.2 Å². The van der Waals surface area contributed by atoms with E-state index in [9.17, 15) is 22.4 Å². The van der Waals surface area contributed by atoms with Crippen molar-refractivity contribution in [2.24, 2.45) is 5.92 Å². The first-order valence-corrected chi connectivity index (χ1v) is 6.13. The van der Waals surface area contributed by atoms with Crippen molar-refractivity contribution in [1.82, 2.24) is 4.90 Å². The third kappa shape index (κ3) is 3.02. The van der Waals surface area contributed by atoms with E-state index in [-0.39, 0.29) is 30.7 Å². The van der Waals surface area contributed by atoms with Crippen LogP contribution in [0, 0.1) is 11.7 Å². The number of phenols is 1. The van der Waals surface area contributed by atoms with E-state index >= 15 is 0 Å². The zero-order chi connectivity index (χ0) is 14.9. The molecule has 1 N–H and O–H groups in total. The highest BCUT2D eigenvalue weighted by atomic mass is 19.4. The summed E-state index contributed by atoms with van der Waals surface area (Å²) in [6.07, 6.45) is -4.15. The molecule has 1 unspecified atom stereocenters. The number of piperidine rings is 1. The van der Waals surface area contributed by atoms with Gasteiger partial charge in [0.1, 0.15) is 11.6 Å². The number of amides is 1. The van der Waals surface area contributed by atoms with Gasteiger partial charge in [0.15, 0.2) is 0 Å². The fraction of sp³-hybridized carbons (Fsp3) is 0.462. The lowest BCUT2D eigenvalue weighted by atomic mass is 9.97. The Morgan fingerprint density at radius 1 is 1.35 bits per heavy atom. The maximum absolute atomic E-state index is 13.6. The van der Waals surface area contributed by atoms with E-state index in [4.69, 9.17) is 5.11 Å². The molecule has 1 atom stereocenters. The normalized spacial score (nSPS) is 20.0. The Hall–Kier alpha value is -1.79. The van der Waals surface area contributed by atoms with Crippen LogP contribution >= 0.6 is 0 Å². The van der Waals surface area contributed by atoms with Gasteiger partial charge in [-0.15, -0.1) is 0 Å². The molecule has 7 heteroatoms. The number of aromatic hydroxyl groups is 1. The summed E-state index contributed by atoms with van der Waals surface area (Å²) < 4.78 is 51.6. The lowest BCUT2D eigenvalue weighted by Crippen LogP contribution is -2.44. The SMILES string of the molecule is O=C(c1ccc(O)cc1F)N1CCCC(C(F)(F)F)C1. The first-order valence-electron chi connectivity index (χ1n) is 6.13. The van der Waals surface area contributed by atoms with Crippen molar-refractivity contribution < 1.29 is 27.5 Å². The molecular weight excluding hydrogens is 278 g/mol. The zero-order valence-electron chi connectivity index (χ0n) is 10.5. The maximum atomic E-state index is 13.6. The number of hydrogen-bond donors (Lipinski definition) is 1. The van der Waals surface area contributed by atoms with Crippen LogP contribution in [-0.2, 0) is 0 Å². The second kappa shape index (κ2) is 5.30. The number of benzene rings is 1. The summed E-state index contributed by atoms with van der Waals surface area (Å²) in [7, 11) is 0. The van der Waals surface area contributed by atoms with E-state index in [0.717, 1.165) is 23.1 Å². The second-order valence-corrected chi connectivity index (χ2v) is 4.80. The fourth-order valence-corrected chi connectivity index (χ4v) is 2.28. The van der Waals surface area contributed by atoms with Crippen molar-refractivity contribution in [3.63, 3.8) is 0 Å². The Bertz CT molecular complexity index is 516. The van der Waals surface area contributed by atoms with Crippen molar-refractivity contribution in [1.29, 1.82) is 0 Å². The predicted molar refractivity (Wildman–Crippen MR) is 62.7 cm³/mol. The van der Waals surface area contributed by atoms with Crippen LogP contribution in [0.4, 0.5) is 17.6 Å². The number of alkyl halides is 3. The summed E-state index contributed by atoms with van der Waals surface area (Å²) >= 11 is 0. The number of rotatable bonds is 1. The molecule has 1 amide bonds. The Kier molecular flexibility index (Phi) is 3.87. The van der Waals surface area contributed by atoms with E-state index in [1.165, 1.54) is 0 Å². The quantitative estimate of drug-likeness (QED) is 0.808. The molecule has 20 heavy (non-hydrogen) atoms. The summed E-state index contributed by atoms with van der Waals surface area (Å²) in [4.78, 5) is 13.1. The molecule has 1 heterocycles. The second-order valence-electron chi connectivity index (χ2n) is 4.80. The van der Waals surface area contributed by atoms with E-state index < -0.39 is 30.4 Å². The van der Waals surface area contributed by atoms with Gasteiger partial charge in [-0.05, 0) is 25.0 Å². The molecule has 3 nitrogen and oxygen atoms in total. The maximum Gasteiger partial charge on any atom is 0.393 e. The Morgan fingerprint density at radius 3 is 2.65 bits per heavy atom. The fourth-order valence-electron chi connectivity index (χ4n) is 2.28. The van der Waals surface area contributed by atoms with Gasteiger partial charge in [-0.25, -0.2) is 4.39 Å². The predicted octanol–water partition coefficient (Wildman–Crippen LogP) is 2.95. The van der Waals surface area contributed by atoms with Crippen LogP contribution in [0.15, 0.2) is 18.2 Å². The summed E-state index contributed by atoms with van der Waals surface area (Å²) in [6.45, 7) is -0.283. The van der Waals surface area contributed by atoms with Gasteiger partial charge in [-0.3, -0.25) is 4.79 Å². The van der Waals surface area contributed by atoms with Crippen molar-refractivity contribution in [3.05, 3.63) is 29.6 Å². The molecule has 1 saturated heterocycles. The number of phenolic OH excluding ortho intramolecular Hbond substituents is 1. The van der Waals surface area contributed by atoms with Crippen molar-refractivity contribution in [3.8, 4) is 5.75 Å². The third-order valence-corrected chi connectivity index (χ3v) is 3.35. The van der Waals surface area contributed by atoms with Crippen LogP contribution < -0.4 is 0 Å². The molecule has 1 aliphatic rings. The lowest BCUT2D eigenvalue weighted by Gasteiger charge is -2.33. The zero-order valence-corrected chi connectivity index (χ0v) is 10.5. The molecule has 0 bridgehead atoms. The first kappa shape index (κ1) is 14.6. The Labute approximate surface area is 112 Å². The van der Waals surface area contributed by atoms with Gasteiger partial charge in [0.05, 0.1) is 11.5 Å². The molecule has 1 aliphatic heterocycles. The smallest absolute Gasteiger partial charge is 0.393 e. The summed E-state index contributed by atoms with van der Waals surface area (Å²) in [5.74, 6) is -3.63. The number of carbonyl (C=O) groups is 1. The minimum atomic E-state index is -4.35. The number of halogens is 4. The van der Waals surface area contributed by atoms with Crippen LogP contribution in [0.25, 0.3) is 0 Å². The Balaban J connectivity index is 2.16. The van der Waals surface area contributed by atoms with Crippen molar-refractivity contribution in [2.45, 2.75) is 19.0 Å². The molecule has 0 radical (unpaired) electrons. The van der Waals surface area contributed by atoms with Gasteiger partial charge < -0.3 is 10.0 Å². The lowest BCUT2D eigenvalue weighted by molar-refractivity contribution is -0.184. The molecule has 110 valence electrons. The third-order valence-electron chi connectivity index (χ3n) is 3.35. The van der Waals surface area contributed by atoms with E-state index in [2.05, 4.69) is 0 Å². The molecule has 0 saturated carbocycles. The van der Waals surface area contributed by atoms with Gasteiger partial charge in [0.25, 0.3) is 5.91 Å². The highest BCUT2D eigenvalue weighted by Gasteiger charge is 2.42. The van der Waals surface area contributed by atoms with Gasteiger partial charge in [0.2, 0.25) is 0 Å². The summed E-state index contributed by atoms with van der Waals surface area (Å²) in [5, 5.41) is 9.06. The van der Waals surface area contributed by atoms with Crippen LogP contribution in [0.2, 0.25) is 0 Å².